The van der Waals surface area contributed by atoms with Crippen LogP contribution in [0.15, 0.2) is 34.5 Å². The average molecular weight is 281 g/mol. The van der Waals surface area contributed by atoms with Gasteiger partial charge in [-0.1, -0.05) is 23.4 Å². The molecule has 0 atom stereocenters. The maximum absolute atomic E-state index is 13.3. The maximum atomic E-state index is 13.3. The molecule has 8 nitrogen and oxygen atoms in total. The van der Waals surface area contributed by atoms with Crippen LogP contribution in [0.2, 0.25) is 0 Å². The fourth-order valence-corrected chi connectivity index (χ4v) is 1.59. The number of hydrazone groups is 1. The predicted octanol–water partition coefficient (Wildman–Crippen LogP) is 0.738. The average Bonchev–Trinajstić information content (AvgIpc) is 2.83. The van der Waals surface area contributed by atoms with E-state index in [-0.39, 0.29) is 18.4 Å². The van der Waals surface area contributed by atoms with Gasteiger partial charge in [-0.05, 0) is 6.07 Å². The van der Waals surface area contributed by atoms with Gasteiger partial charge < -0.3 is 10.2 Å². The molecule has 1 heterocycles. The first-order valence-electron chi connectivity index (χ1n) is 5.79. The van der Waals surface area contributed by atoms with Crippen LogP contribution in [0.25, 0.3) is 0 Å². The Labute approximate surface area is 113 Å². The monoisotopic (exact) mass is 281 g/mol. The summed E-state index contributed by atoms with van der Waals surface area (Å²) in [5.41, 5.74) is 0.378. The third-order valence-corrected chi connectivity index (χ3v) is 2.52. The van der Waals surface area contributed by atoms with Crippen LogP contribution in [-0.2, 0) is 11.4 Å². The van der Waals surface area contributed by atoms with Crippen LogP contribution >= 0.6 is 0 Å². The molecule has 0 aliphatic carbocycles. The highest BCUT2D eigenvalue weighted by molar-refractivity contribution is 5.91. The van der Waals surface area contributed by atoms with Gasteiger partial charge in [-0.25, -0.2) is 14.5 Å². The van der Waals surface area contributed by atoms with Crippen LogP contribution in [0.5, 0.6) is 0 Å². The zero-order valence-corrected chi connectivity index (χ0v) is 10.4. The van der Waals surface area contributed by atoms with Gasteiger partial charge in [0.15, 0.2) is 5.03 Å². The third-order valence-electron chi connectivity index (χ3n) is 2.52. The van der Waals surface area contributed by atoms with E-state index in [2.05, 4.69) is 15.6 Å². The molecule has 1 aliphatic heterocycles. The molecule has 106 valence electrons. The van der Waals surface area contributed by atoms with Gasteiger partial charge in [0.05, 0.1) is 0 Å². The Balaban J connectivity index is 1.87. The van der Waals surface area contributed by atoms with E-state index < -0.39 is 5.03 Å². The van der Waals surface area contributed by atoms with Gasteiger partial charge in [0.1, 0.15) is 23.9 Å². The smallest absolute Gasteiger partial charge is 0.276 e. The van der Waals surface area contributed by atoms with Crippen molar-refractivity contribution in [2.75, 3.05) is 13.1 Å². The first kappa shape index (κ1) is 13.7. The second kappa shape index (κ2) is 6.45. The Bertz CT molecular complexity index is 549. The number of hydrogen-bond donors (Lipinski definition) is 1. The van der Waals surface area contributed by atoms with Crippen molar-refractivity contribution in [2.24, 2.45) is 10.3 Å². The minimum Gasteiger partial charge on any atom is -0.390 e. The number of oxime groups is 1. The van der Waals surface area contributed by atoms with Crippen molar-refractivity contribution >= 4 is 12.3 Å². The Morgan fingerprint density at radius 1 is 1.55 bits per heavy atom. The molecule has 9 heteroatoms. The number of rotatable bonds is 5. The highest BCUT2D eigenvalue weighted by Crippen LogP contribution is 2.07. The summed E-state index contributed by atoms with van der Waals surface area (Å²) >= 11 is 0. The standard InChI is InChI=1S/C11H12FN5O3/c12-10-4-2-1-3-9(10)7-20-14-8-16-6-5-13-11(16)15-17(18)19/h1-4,8H,5-7H2,(H,13,15). The first-order valence-corrected chi connectivity index (χ1v) is 5.79. The lowest BCUT2D eigenvalue weighted by molar-refractivity contribution is -0.485. The molecule has 1 N–H and O–H groups in total. The molecule has 1 aromatic rings. The zero-order chi connectivity index (χ0) is 14.4. The number of hydrogen-bond acceptors (Lipinski definition) is 4. The van der Waals surface area contributed by atoms with Crippen molar-refractivity contribution in [3.63, 3.8) is 0 Å². The largest absolute Gasteiger partial charge is 0.390 e. The van der Waals surface area contributed by atoms with Crippen LogP contribution in [-0.4, -0.2) is 35.3 Å². The fraction of sp³-hybridized carbons (Fsp3) is 0.273. The molecule has 1 aromatic carbocycles. The van der Waals surface area contributed by atoms with Crippen molar-refractivity contribution < 1.29 is 14.3 Å². The molecule has 0 radical (unpaired) electrons. The van der Waals surface area contributed by atoms with Crippen molar-refractivity contribution in [3.05, 3.63) is 45.8 Å². The molecular formula is C11H12FN5O3. The van der Waals surface area contributed by atoms with E-state index in [0.29, 0.717) is 18.7 Å². The molecule has 0 spiro atoms. The van der Waals surface area contributed by atoms with Crippen LogP contribution in [0.3, 0.4) is 0 Å². The number of nitro groups is 1. The van der Waals surface area contributed by atoms with Crippen LogP contribution in [0.1, 0.15) is 5.56 Å². The number of benzene rings is 1. The quantitative estimate of drug-likeness (QED) is 0.372. The van der Waals surface area contributed by atoms with Crippen molar-refractivity contribution in [1.82, 2.24) is 10.2 Å². The van der Waals surface area contributed by atoms with E-state index in [4.69, 9.17) is 4.84 Å². The topological polar surface area (TPSA) is 92.4 Å². The molecule has 0 bridgehead atoms. The predicted molar refractivity (Wildman–Crippen MR) is 68.8 cm³/mol. The first-order chi connectivity index (χ1) is 9.66. The molecular weight excluding hydrogens is 269 g/mol. The molecule has 0 aromatic heterocycles. The summed E-state index contributed by atoms with van der Waals surface area (Å²) < 4.78 is 13.3. The van der Waals surface area contributed by atoms with Crippen molar-refractivity contribution in [2.45, 2.75) is 6.61 Å². The fourth-order valence-electron chi connectivity index (χ4n) is 1.59. The van der Waals surface area contributed by atoms with E-state index >= 15 is 0 Å². The minimum absolute atomic E-state index is 0.0217. The van der Waals surface area contributed by atoms with Crippen LogP contribution in [0.4, 0.5) is 4.39 Å². The molecule has 20 heavy (non-hydrogen) atoms. The zero-order valence-electron chi connectivity index (χ0n) is 10.4. The van der Waals surface area contributed by atoms with E-state index in [9.17, 15) is 14.5 Å². The summed E-state index contributed by atoms with van der Waals surface area (Å²) in [5.74, 6) is -0.283. The molecule has 1 fully saturated rings. The van der Waals surface area contributed by atoms with Crippen LogP contribution < -0.4 is 5.32 Å². The van der Waals surface area contributed by atoms with Crippen molar-refractivity contribution in [1.29, 1.82) is 0 Å². The highest BCUT2D eigenvalue weighted by Gasteiger charge is 2.19. The molecule has 0 saturated carbocycles. The Morgan fingerprint density at radius 2 is 2.35 bits per heavy atom. The lowest BCUT2D eigenvalue weighted by Crippen LogP contribution is -2.29. The minimum atomic E-state index is -0.797. The summed E-state index contributed by atoms with van der Waals surface area (Å²) in [6, 6.07) is 6.19. The molecule has 0 unspecified atom stereocenters. The SMILES string of the molecule is O=[N+]([O-])N=C1NCCN1C=NOCc1ccccc1F. The summed E-state index contributed by atoms with van der Waals surface area (Å²) in [4.78, 5) is 16.7. The van der Waals surface area contributed by atoms with Gasteiger partial charge in [0.2, 0.25) is 0 Å². The van der Waals surface area contributed by atoms with E-state index in [0.717, 1.165) is 0 Å². The van der Waals surface area contributed by atoms with E-state index in [1.807, 2.05) is 0 Å². The summed E-state index contributed by atoms with van der Waals surface area (Å²) in [6.45, 7) is 0.984. The Hall–Kier alpha value is -2.71. The van der Waals surface area contributed by atoms with Crippen LogP contribution in [0, 0.1) is 15.9 Å². The molecule has 2 rings (SSSR count). The van der Waals surface area contributed by atoms with Gasteiger partial charge in [-0.3, -0.25) is 4.90 Å². The van der Waals surface area contributed by atoms with Gasteiger partial charge in [0, 0.05) is 18.7 Å². The number of nitrogens with one attached hydrogen (secondary N) is 1. The summed E-state index contributed by atoms with van der Waals surface area (Å²) in [7, 11) is 0. The number of guanidine groups is 1. The second-order valence-corrected chi connectivity index (χ2v) is 3.87. The third kappa shape index (κ3) is 3.64. The van der Waals surface area contributed by atoms with Gasteiger partial charge in [-0.15, -0.1) is 0 Å². The maximum Gasteiger partial charge on any atom is 0.276 e. The summed E-state index contributed by atoms with van der Waals surface area (Å²) in [6.07, 6.45) is 1.27. The van der Waals surface area contributed by atoms with Gasteiger partial charge in [-0.2, -0.15) is 0 Å². The molecule has 0 amide bonds. The lowest BCUT2D eigenvalue weighted by atomic mass is 10.2. The lowest BCUT2D eigenvalue weighted by Gasteiger charge is -2.07. The van der Waals surface area contributed by atoms with Crippen molar-refractivity contribution in [3.8, 4) is 0 Å². The molecule has 1 saturated heterocycles. The molecule has 1 aliphatic rings. The van der Waals surface area contributed by atoms with Gasteiger partial charge in [0.25, 0.3) is 5.96 Å². The highest BCUT2D eigenvalue weighted by atomic mass is 19.1. The van der Waals surface area contributed by atoms with E-state index in [1.165, 1.54) is 17.3 Å². The van der Waals surface area contributed by atoms with Gasteiger partial charge >= 0.3 is 0 Å². The Kier molecular flexibility index (Phi) is 4.43. The number of halogens is 1. The summed E-state index contributed by atoms with van der Waals surface area (Å²) in [5, 5.41) is 19.0. The number of nitrogens with zero attached hydrogens (tertiary/aromatic N) is 4. The Morgan fingerprint density at radius 3 is 3.10 bits per heavy atom. The second-order valence-electron chi connectivity index (χ2n) is 3.87. The normalized spacial score (nSPS) is 16.6. The van der Waals surface area contributed by atoms with E-state index in [1.54, 1.807) is 18.2 Å².